The number of halogens is 2. The molecular formula is C11H10BrFO2. The van der Waals surface area contributed by atoms with Crippen molar-refractivity contribution < 1.29 is 14.0 Å². The Morgan fingerprint density at radius 1 is 1.33 bits per heavy atom. The van der Waals surface area contributed by atoms with E-state index in [0.29, 0.717) is 4.47 Å². The van der Waals surface area contributed by atoms with Gasteiger partial charge < -0.3 is 4.79 Å². The van der Waals surface area contributed by atoms with E-state index in [0.717, 1.165) is 0 Å². The van der Waals surface area contributed by atoms with Gasteiger partial charge >= 0.3 is 0 Å². The largest absolute Gasteiger partial charge is 0.300 e. The maximum absolute atomic E-state index is 13.2. The second kappa shape index (κ2) is 5.16. The zero-order valence-corrected chi connectivity index (χ0v) is 9.80. The highest BCUT2D eigenvalue weighted by atomic mass is 79.9. The summed E-state index contributed by atoms with van der Waals surface area (Å²) in [5.41, 5.74) is 0.0330. The van der Waals surface area contributed by atoms with Crippen LogP contribution in [0.4, 0.5) is 4.39 Å². The zero-order chi connectivity index (χ0) is 11.4. The lowest BCUT2D eigenvalue weighted by molar-refractivity contribution is -0.116. The minimum absolute atomic E-state index is 0.0330. The highest BCUT2D eigenvalue weighted by molar-refractivity contribution is 9.10. The molecule has 0 saturated heterocycles. The van der Waals surface area contributed by atoms with Crippen LogP contribution in [0.5, 0.6) is 0 Å². The van der Waals surface area contributed by atoms with Crippen LogP contribution < -0.4 is 0 Å². The molecule has 0 aromatic heterocycles. The Balaban J connectivity index is 2.81. The van der Waals surface area contributed by atoms with Crippen molar-refractivity contribution in [2.75, 3.05) is 0 Å². The number of hydrogen-bond donors (Lipinski definition) is 0. The van der Waals surface area contributed by atoms with Gasteiger partial charge in [0.05, 0.1) is 5.56 Å². The van der Waals surface area contributed by atoms with E-state index in [2.05, 4.69) is 15.9 Å². The molecule has 15 heavy (non-hydrogen) atoms. The van der Waals surface area contributed by atoms with Gasteiger partial charge in [-0.1, -0.05) is 15.9 Å². The van der Waals surface area contributed by atoms with Crippen LogP contribution in [0.1, 0.15) is 30.1 Å². The first-order valence-electron chi connectivity index (χ1n) is 4.48. The molecule has 0 aliphatic carbocycles. The van der Waals surface area contributed by atoms with E-state index in [1.807, 2.05) is 0 Å². The molecule has 0 unspecified atom stereocenters. The van der Waals surface area contributed by atoms with Crippen LogP contribution in [-0.4, -0.2) is 11.6 Å². The fourth-order valence-electron chi connectivity index (χ4n) is 1.14. The Bertz CT molecular complexity index is 402. The monoisotopic (exact) mass is 272 g/mol. The number of rotatable bonds is 4. The minimum Gasteiger partial charge on any atom is -0.300 e. The number of Topliss-reactive ketones (excluding diaryl/α,β-unsaturated/α-hetero) is 2. The standard InChI is InChI=1S/C11H10BrFO2/c1-7(14)2-5-11(15)9-6-8(12)3-4-10(9)13/h3-4,6H,2,5H2,1H3. The molecule has 2 nitrogen and oxygen atoms in total. The van der Waals surface area contributed by atoms with Crippen molar-refractivity contribution >= 4 is 27.5 Å². The van der Waals surface area contributed by atoms with Crippen molar-refractivity contribution in [2.45, 2.75) is 19.8 Å². The number of ketones is 2. The first-order valence-corrected chi connectivity index (χ1v) is 5.27. The lowest BCUT2D eigenvalue weighted by atomic mass is 10.1. The van der Waals surface area contributed by atoms with Gasteiger partial charge in [0.25, 0.3) is 0 Å². The smallest absolute Gasteiger partial charge is 0.166 e. The third-order valence-electron chi connectivity index (χ3n) is 1.93. The van der Waals surface area contributed by atoms with Gasteiger partial charge in [-0.25, -0.2) is 4.39 Å². The molecule has 0 atom stereocenters. The summed E-state index contributed by atoms with van der Waals surface area (Å²) >= 11 is 3.16. The molecule has 0 fully saturated rings. The minimum atomic E-state index is -0.549. The first kappa shape index (κ1) is 12.0. The fourth-order valence-corrected chi connectivity index (χ4v) is 1.50. The highest BCUT2D eigenvalue weighted by Gasteiger charge is 2.12. The molecule has 0 heterocycles. The van der Waals surface area contributed by atoms with Gasteiger partial charge in [-0.05, 0) is 25.1 Å². The van der Waals surface area contributed by atoms with Crippen LogP contribution in [0.2, 0.25) is 0 Å². The molecule has 1 aromatic carbocycles. The van der Waals surface area contributed by atoms with Gasteiger partial charge in [-0.3, -0.25) is 4.79 Å². The number of carbonyl (C=O) groups excluding carboxylic acids is 2. The number of benzene rings is 1. The predicted molar refractivity (Wildman–Crippen MR) is 58.3 cm³/mol. The van der Waals surface area contributed by atoms with Crippen molar-refractivity contribution in [3.63, 3.8) is 0 Å². The van der Waals surface area contributed by atoms with Crippen LogP contribution >= 0.6 is 15.9 Å². The summed E-state index contributed by atoms with van der Waals surface area (Å²) in [7, 11) is 0. The molecular weight excluding hydrogens is 263 g/mol. The lowest BCUT2D eigenvalue weighted by Gasteiger charge is -2.02. The highest BCUT2D eigenvalue weighted by Crippen LogP contribution is 2.17. The van der Waals surface area contributed by atoms with Crippen LogP contribution in [0.15, 0.2) is 22.7 Å². The topological polar surface area (TPSA) is 34.1 Å². The summed E-state index contributed by atoms with van der Waals surface area (Å²) in [6.45, 7) is 1.41. The Kier molecular flexibility index (Phi) is 4.15. The van der Waals surface area contributed by atoms with Gasteiger partial charge in [0.2, 0.25) is 0 Å². The molecule has 80 valence electrons. The van der Waals surface area contributed by atoms with Crippen molar-refractivity contribution in [3.05, 3.63) is 34.1 Å². The van der Waals surface area contributed by atoms with Crippen molar-refractivity contribution in [2.24, 2.45) is 0 Å². The molecule has 0 aliphatic heterocycles. The molecule has 1 rings (SSSR count). The summed E-state index contributed by atoms with van der Waals surface area (Å²) in [6, 6.07) is 4.18. The number of carbonyl (C=O) groups is 2. The average molecular weight is 273 g/mol. The number of hydrogen-bond acceptors (Lipinski definition) is 2. The van der Waals surface area contributed by atoms with Crippen molar-refractivity contribution in [1.82, 2.24) is 0 Å². The van der Waals surface area contributed by atoms with E-state index in [4.69, 9.17) is 0 Å². The molecule has 0 amide bonds. The summed E-state index contributed by atoms with van der Waals surface area (Å²) < 4.78 is 13.9. The molecule has 1 aromatic rings. The molecule has 4 heteroatoms. The van der Waals surface area contributed by atoms with E-state index in [9.17, 15) is 14.0 Å². The van der Waals surface area contributed by atoms with E-state index in [1.54, 1.807) is 0 Å². The van der Waals surface area contributed by atoms with Gasteiger partial charge in [-0.15, -0.1) is 0 Å². The summed E-state index contributed by atoms with van der Waals surface area (Å²) in [4.78, 5) is 22.2. The van der Waals surface area contributed by atoms with Crippen LogP contribution in [0.3, 0.4) is 0 Å². The Morgan fingerprint density at radius 3 is 2.60 bits per heavy atom. The average Bonchev–Trinajstić information content (AvgIpc) is 2.18. The first-order chi connectivity index (χ1) is 7.00. The maximum atomic E-state index is 13.2. The Morgan fingerprint density at radius 2 is 2.00 bits per heavy atom. The van der Waals surface area contributed by atoms with E-state index in [1.165, 1.54) is 25.1 Å². The van der Waals surface area contributed by atoms with E-state index >= 15 is 0 Å². The zero-order valence-electron chi connectivity index (χ0n) is 8.22. The summed E-state index contributed by atoms with van der Waals surface area (Å²) in [6.07, 6.45) is 0.216. The third kappa shape index (κ3) is 3.55. The molecule has 0 N–H and O–H groups in total. The predicted octanol–water partition coefficient (Wildman–Crippen LogP) is 3.14. The second-order valence-corrected chi connectivity index (χ2v) is 4.17. The SMILES string of the molecule is CC(=O)CCC(=O)c1cc(Br)ccc1F. The van der Waals surface area contributed by atoms with Gasteiger partial charge in [0.15, 0.2) is 5.78 Å². The Labute approximate surface area is 95.6 Å². The van der Waals surface area contributed by atoms with Crippen LogP contribution in [0.25, 0.3) is 0 Å². The molecule has 0 saturated carbocycles. The normalized spacial score (nSPS) is 10.1. The lowest BCUT2D eigenvalue weighted by Crippen LogP contribution is -2.04. The van der Waals surface area contributed by atoms with Gasteiger partial charge in [0, 0.05) is 17.3 Å². The molecule has 0 aliphatic rings. The quantitative estimate of drug-likeness (QED) is 0.790. The van der Waals surface area contributed by atoms with Crippen LogP contribution in [-0.2, 0) is 4.79 Å². The van der Waals surface area contributed by atoms with Gasteiger partial charge in [0.1, 0.15) is 11.6 Å². The maximum Gasteiger partial charge on any atom is 0.166 e. The third-order valence-corrected chi connectivity index (χ3v) is 2.43. The molecule has 0 bridgehead atoms. The second-order valence-electron chi connectivity index (χ2n) is 3.25. The van der Waals surface area contributed by atoms with E-state index in [-0.39, 0.29) is 30.0 Å². The van der Waals surface area contributed by atoms with Gasteiger partial charge in [-0.2, -0.15) is 0 Å². The molecule has 0 spiro atoms. The van der Waals surface area contributed by atoms with Crippen molar-refractivity contribution in [1.29, 1.82) is 0 Å². The van der Waals surface area contributed by atoms with Crippen molar-refractivity contribution in [3.8, 4) is 0 Å². The summed E-state index contributed by atoms with van der Waals surface area (Å²) in [5.74, 6) is -0.963. The summed E-state index contributed by atoms with van der Waals surface area (Å²) in [5, 5.41) is 0. The fraction of sp³-hybridized carbons (Fsp3) is 0.273. The van der Waals surface area contributed by atoms with Crippen LogP contribution in [0, 0.1) is 5.82 Å². The Hall–Kier alpha value is -1.03. The molecule has 0 radical (unpaired) electrons. The van der Waals surface area contributed by atoms with E-state index < -0.39 is 5.82 Å².